The summed E-state index contributed by atoms with van der Waals surface area (Å²) in [5.41, 5.74) is 3.43. The first kappa shape index (κ1) is 9.03. The third-order valence-corrected chi connectivity index (χ3v) is 2.61. The lowest BCUT2D eigenvalue weighted by Crippen LogP contribution is -1.97. The van der Waals surface area contributed by atoms with Crippen LogP contribution in [0.15, 0.2) is 42.9 Å². The van der Waals surface area contributed by atoms with Crippen LogP contribution in [0.3, 0.4) is 0 Å². The molecule has 4 nitrogen and oxygen atoms in total. The molecule has 2 heterocycles. The number of anilines is 1. The first-order chi connectivity index (χ1) is 7.92. The molecule has 0 aliphatic heterocycles. The van der Waals surface area contributed by atoms with Crippen molar-refractivity contribution in [2.75, 3.05) is 5.32 Å². The van der Waals surface area contributed by atoms with E-state index in [4.69, 9.17) is 0 Å². The van der Waals surface area contributed by atoms with Gasteiger partial charge in [0.05, 0.1) is 11.9 Å². The summed E-state index contributed by atoms with van der Waals surface area (Å²) in [6.45, 7) is 0.800. The van der Waals surface area contributed by atoms with Crippen LogP contribution in [-0.4, -0.2) is 15.2 Å². The highest BCUT2D eigenvalue weighted by molar-refractivity contribution is 5.79. The predicted molar refractivity (Wildman–Crippen MR) is 64.2 cm³/mol. The summed E-state index contributed by atoms with van der Waals surface area (Å²) in [4.78, 5) is 3.21. The molecule has 3 aromatic rings. The third-order valence-electron chi connectivity index (χ3n) is 2.61. The number of nitrogens with one attached hydrogen (secondary N) is 3. The van der Waals surface area contributed by atoms with E-state index in [0.717, 1.165) is 12.2 Å². The van der Waals surface area contributed by atoms with Crippen molar-refractivity contribution in [3.8, 4) is 0 Å². The molecule has 0 fully saturated rings. The van der Waals surface area contributed by atoms with Gasteiger partial charge in [-0.05, 0) is 23.1 Å². The Morgan fingerprint density at radius 2 is 2.25 bits per heavy atom. The van der Waals surface area contributed by atoms with Gasteiger partial charge in [0.15, 0.2) is 0 Å². The number of hydrogen-bond acceptors (Lipinski definition) is 2. The Morgan fingerprint density at radius 3 is 3.12 bits per heavy atom. The SMILES string of the molecule is c1cc2ccc(CNc3cn[nH]c3)cc2[nH]1. The van der Waals surface area contributed by atoms with E-state index in [9.17, 15) is 0 Å². The monoisotopic (exact) mass is 212 g/mol. The molecule has 0 bridgehead atoms. The van der Waals surface area contributed by atoms with Gasteiger partial charge in [-0.15, -0.1) is 0 Å². The summed E-state index contributed by atoms with van der Waals surface area (Å²) in [6.07, 6.45) is 5.57. The van der Waals surface area contributed by atoms with Crippen LogP contribution in [0, 0.1) is 0 Å². The molecule has 0 aliphatic carbocycles. The zero-order chi connectivity index (χ0) is 10.8. The normalized spacial score (nSPS) is 10.8. The van der Waals surface area contributed by atoms with Crippen molar-refractivity contribution in [1.82, 2.24) is 15.2 Å². The molecule has 0 saturated carbocycles. The average molecular weight is 212 g/mol. The van der Waals surface area contributed by atoms with Gasteiger partial charge < -0.3 is 10.3 Å². The van der Waals surface area contributed by atoms with Gasteiger partial charge in [-0.2, -0.15) is 5.10 Å². The number of nitrogens with zero attached hydrogens (tertiary/aromatic N) is 1. The standard InChI is InChI=1S/C12H12N4/c1-2-10-3-4-13-12(10)5-9(1)6-14-11-7-15-16-8-11/h1-5,7-8,13-14H,6H2,(H,15,16). The van der Waals surface area contributed by atoms with Crippen molar-refractivity contribution >= 4 is 16.6 Å². The lowest BCUT2D eigenvalue weighted by molar-refractivity contribution is 1.09. The number of hydrogen-bond donors (Lipinski definition) is 3. The van der Waals surface area contributed by atoms with Crippen LogP contribution in [0.1, 0.15) is 5.56 Å². The van der Waals surface area contributed by atoms with Gasteiger partial charge in [0, 0.05) is 24.5 Å². The Morgan fingerprint density at radius 1 is 1.25 bits per heavy atom. The maximum absolute atomic E-state index is 3.88. The zero-order valence-corrected chi connectivity index (χ0v) is 8.70. The lowest BCUT2D eigenvalue weighted by atomic mass is 10.1. The number of fused-ring (bicyclic) bond motifs is 1. The number of aromatic amines is 2. The lowest BCUT2D eigenvalue weighted by Gasteiger charge is -2.03. The van der Waals surface area contributed by atoms with Crippen molar-refractivity contribution in [2.45, 2.75) is 6.54 Å². The van der Waals surface area contributed by atoms with Crippen LogP contribution < -0.4 is 5.32 Å². The smallest absolute Gasteiger partial charge is 0.0726 e. The van der Waals surface area contributed by atoms with Crippen LogP contribution in [0.4, 0.5) is 5.69 Å². The van der Waals surface area contributed by atoms with Gasteiger partial charge in [0.2, 0.25) is 0 Å². The van der Waals surface area contributed by atoms with E-state index >= 15 is 0 Å². The molecule has 0 radical (unpaired) electrons. The van der Waals surface area contributed by atoms with Gasteiger partial charge in [0.1, 0.15) is 0 Å². The minimum atomic E-state index is 0.800. The van der Waals surface area contributed by atoms with Crippen LogP contribution in [-0.2, 0) is 6.54 Å². The van der Waals surface area contributed by atoms with Crippen LogP contribution in [0.25, 0.3) is 10.9 Å². The number of H-pyrrole nitrogens is 2. The quantitative estimate of drug-likeness (QED) is 0.624. The summed E-state index contributed by atoms with van der Waals surface area (Å²) in [5, 5.41) is 11.2. The second-order valence-electron chi connectivity index (χ2n) is 3.74. The van der Waals surface area contributed by atoms with E-state index in [1.54, 1.807) is 6.20 Å². The highest BCUT2D eigenvalue weighted by Gasteiger charge is 1.98. The summed E-state index contributed by atoms with van der Waals surface area (Å²) in [5.74, 6) is 0. The summed E-state index contributed by atoms with van der Waals surface area (Å²) >= 11 is 0. The van der Waals surface area contributed by atoms with Crippen LogP contribution in [0.2, 0.25) is 0 Å². The van der Waals surface area contributed by atoms with Gasteiger partial charge in [0.25, 0.3) is 0 Å². The molecule has 3 rings (SSSR count). The number of benzene rings is 1. The van der Waals surface area contributed by atoms with Crippen molar-refractivity contribution < 1.29 is 0 Å². The Hall–Kier alpha value is -2.23. The van der Waals surface area contributed by atoms with Gasteiger partial charge in [-0.25, -0.2) is 0 Å². The Balaban J connectivity index is 1.78. The van der Waals surface area contributed by atoms with E-state index < -0.39 is 0 Å². The fourth-order valence-corrected chi connectivity index (χ4v) is 1.76. The molecular weight excluding hydrogens is 200 g/mol. The maximum atomic E-state index is 3.88. The van der Waals surface area contributed by atoms with Crippen LogP contribution >= 0.6 is 0 Å². The fraction of sp³-hybridized carbons (Fsp3) is 0.0833. The van der Waals surface area contributed by atoms with Crippen molar-refractivity contribution in [2.24, 2.45) is 0 Å². The molecule has 2 aromatic heterocycles. The molecule has 0 atom stereocenters. The molecule has 0 saturated heterocycles. The summed E-state index contributed by atoms with van der Waals surface area (Å²) in [6, 6.07) is 8.48. The second kappa shape index (κ2) is 3.73. The Labute approximate surface area is 92.7 Å². The van der Waals surface area contributed by atoms with Gasteiger partial charge in [-0.1, -0.05) is 12.1 Å². The summed E-state index contributed by atoms with van der Waals surface area (Å²) in [7, 11) is 0. The largest absolute Gasteiger partial charge is 0.378 e. The number of aromatic nitrogens is 3. The fourth-order valence-electron chi connectivity index (χ4n) is 1.76. The molecular formula is C12H12N4. The second-order valence-corrected chi connectivity index (χ2v) is 3.74. The highest BCUT2D eigenvalue weighted by Crippen LogP contribution is 2.15. The molecule has 3 N–H and O–H groups in total. The van der Waals surface area contributed by atoms with Gasteiger partial charge in [-0.3, -0.25) is 5.10 Å². The minimum absolute atomic E-state index is 0.800. The molecule has 1 aromatic carbocycles. The van der Waals surface area contributed by atoms with E-state index in [1.165, 1.54) is 16.5 Å². The molecule has 0 unspecified atom stereocenters. The van der Waals surface area contributed by atoms with Crippen molar-refractivity contribution in [3.05, 3.63) is 48.4 Å². The van der Waals surface area contributed by atoms with E-state index in [-0.39, 0.29) is 0 Å². The first-order valence-electron chi connectivity index (χ1n) is 5.20. The van der Waals surface area contributed by atoms with E-state index in [1.807, 2.05) is 12.4 Å². The van der Waals surface area contributed by atoms with Crippen molar-refractivity contribution in [3.63, 3.8) is 0 Å². The van der Waals surface area contributed by atoms with E-state index in [2.05, 4.69) is 44.8 Å². The number of rotatable bonds is 3. The maximum Gasteiger partial charge on any atom is 0.0726 e. The van der Waals surface area contributed by atoms with Crippen LogP contribution in [0.5, 0.6) is 0 Å². The summed E-state index contributed by atoms with van der Waals surface area (Å²) < 4.78 is 0. The minimum Gasteiger partial charge on any atom is -0.378 e. The third kappa shape index (κ3) is 1.65. The topological polar surface area (TPSA) is 56.5 Å². The zero-order valence-electron chi connectivity index (χ0n) is 8.70. The Kier molecular flexibility index (Phi) is 2.11. The molecule has 0 aliphatic rings. The first-order valence-corrected chi connectivity index (χ1v) is 5.20. The van der Waals surface area contributed by atoms with Gasteiger partial charge >= 0.3 is 0 Å². The Bertz CT molecular complexity index is 580. The molecule has 0 amide bonds. The molecule has 80 valence electrons. The highest BCUT2D eigenvalue weighted by atomic mass is 15.1. The average Bonchev–Trinajstić information content (AvgIpc) is 2.97. The van der Waals surface area contributed by atoms with E-state index in [0.29, 0.717) is 0 Å². The predicted octanol–water partition coefficient (Wildman–Crippen LogP) is 2.50. The molecule has 4 heteroatoms. The molecule has 0 spiro atoms. The molecule has 16 heavy (non-hydrogen) atoms. The van der Waals surface area contributed by atoms with Crippen molar-refractivity contribution in [1.29, 1.82) is 0 Å².